The molecule has 5 heteroatoms. The van der Waals surface area contributed by atoms with Gasteiger partial charge in [-0.1, -0.05) is 6.07 Å². The van der Waals surface area contributed by atoms with Crippen molar-refractivity contribution in [3.63, 3.8) is 0 Å². The molecule has 0 atom stereocenters. The molecule has 94 valence electrons. The van der Waals surface area contributed by atoms with E-state index in [0.29, 0.717) is 5.69 Å². The Morgan fingerprint density at radius 3 is 2.72 bits per heavy atom. The predicted molar refractivity (Wildman–Crippen MR) is 70.5 cm³/mol. The van der Waals surface area contributed by atoms with Gasteiger partial charge in [-0.25, -0.2) is 9.78 Å². The molecule has 0 aromatic carbocycles. The Balaban J connectivity index is 2.19. The highest BCUT2D eigenvalue weighted by molar-refractivity contribution is 7.13. The van der Waals surface area contributed by atoms with E-state index >= 15 is 0 Å². The lowest BCUT2D eigenvalue weighted by Crippen LogP contribution is -2.24. The van der Waals surface area contributed by atoms with Crippen molar-refractivity contribution in [1.82, 2.24) is 9.97 Å². The molecular weight excluding hydrogens is 248 g/mol. The van der Waals surface area contributed by atoms with Gasteiger partial charge in [-0.05, 0) is 32.9 Å². The van der Waals surface area contributed by atoms with E-state index in [9.17, 15) is 4.79 Å². The summed E-state index contributed by atoms with van der Waals surface area (Å²) in [6, 6.07) is 5.58. The first-order chi connectivity index (χ1) is 8.46. The number of aromatic nitrogens is 2. The van der Waals surface area contributed by atoms with E-state index in [-0.39, 0.29) is 0 Å². The van der Waals surface area contributed by atoms with Crippen molar-refractivity contribution < 1.29 is 9.53 Å². The molecular formula is C13H14N2O2S. The van der Waals surface area contributed by atoms with Gasteiger partial charge in [-0.2, -0.15) is 0 Å². The van der Waals surface area contributed by atoms with Crippen molar-refractivity contribution >= 4 is 17.3 Å². The molecule has 18 heavy (non-hydrogen) atoms. The number of pyridine rings is 1. The zero-order chi connectivity index (χ0) is 13.2. The van der Waals surface area contributed by atoms with Crippen LogP contribution in [-0.2, 0) is 4.74 Å². The number of hydrogen-bond acceptors (Lipinski definition) is 5. The number of rotatable bonds is 2. The normalized spacial score (nSPS) is 11.3. The van der Waals surface area contributed by atoms with Crippen LogP contribution in [0.4, 0.5) is 0 Å². The van der Waals surface area contributed by atoms with E-state index in [4.69, 9.17) is 4.74 Å². The number of carbonyl (C=O) groups excluding carboxylic acids is 1. The van der Waals surface area contributed by atoms with Gasteiger partial charge >= 0.3 is 5.97 Å². The predicted octanol–water partition coefficient (Wildman–Crippen LogP) is 3.16. The van der Waals surface area contributed by atoms with Gasteiger partial charge in [0.25, 0.3) is 0 Å². The van der Waals surface area contributed by atoms with Crippen molar-refractivity contribution in [1.29, 1.82) is 0 Å². The first kappa shape index (κ1) is 12.7. The lowest BCUT2D eigenvalue weighted by Gasteiger charge is -2.18. The maximum atomic E-state index is 11.8. The number of ether oxygens (including phenoxy) is 1. The number of hydrogen-bond donors (Lipinski definition) is 0. The van der Waals surface area contributed by atoms with Crippen LogP contribution in [0.2, 0.25) is 0 Å². The molecule has 4 nitrogen and oxygen atoms in total. The highest BCUT2D eigenvalue weighted by Crippen LogP contribution is 2.22. The average Bonchev–Trinajstić information content (AvgIpc) is 2.77. The summed E-state index contributed by atoms with van der Waals surface area (Å²) in [7, 11) is 0. The summed E-state index contributed by atoms with van der Waals surface area (Å²) in [5.74, 6) is -0.402. The van der Waals surface area contributed by atoms with Crippen molar-refractivity contribution in [2.45, 2.75) is 26.4 Å². The second kappa shape index (κ2) is 4.86. The van der Waals surface area contributed by atoms with E-state index in [2.05, 4.69) is 9.97 Å². The summed E-state index contributed by atoms with van der Waals surface area (Å²) in [4.78, 5) is 20.2. The molecule has 0 aliphatic heterocycles. The van der Waals surface area contributed by atoms with Crippen LogP contribution < -0.4 is 0 Å². The summed E-state index contributed by atoms with van der Waals surface area (Å²) in [6.07, 6.45) is 1.70. The fourth-order valence-corrected chi connectivity index (χ4v) is 2.07. The molecule has 2 aromatic heterocycles. The van der Waals surface area contributed by atoms with E-state index in [1.165, 1.54) is 11.3 Å². The zero-order valence-corrected chi connectivity index (χ0v) is 11.3. The van der Waals surface area contributed by atoms with Crippen LogP contribution in [0.25, 0.3) is 10.7 Å². The Bertz CT molecular complexity index is 544. The third-order valence-electron chi connectivity index (χ3n) is 2.00. The number of esters is 1. The molecule has 0 saturated heterocycles. The van der Waals surface area contributed by atoms with Crippen LogP contribution in [0.1, 0.15) is 31.3 Å². The highest BCUT2D eigenvalue weighted by atomic mass is 32.1. The van der Waals surface area contributed by atoms with E-state index in [0.717, 1.165) is 10.7 Å². The molecule has 0 bridgehead atoms. The summed E-state index contributed by atoms with van der Waals surface area (Å²) in [5.41, 5.74) is 0.583. The quantitative estimate of drug-likeness (QED) is 0.780. The highest BCUT2D eigenvalue weighted by Gasteiger charge is 2.20. The van der Waals surface area contributed by atoms with Crippen molar-refractivity contribution in [3.05, 3.63) is 35.5 Å². The summed E-state index contributed by atoms with van der Waals surface area (Å²) in [6.45, 7) is 5.49. The maximum Gasteiger partial charge on any atom is 0.358 e. The van der Waals surface area contributed by atoms with E-state index in [1.54, 1.807) is 11.6 Å². The van der Waals surface area contributed by atoms with Crippen LogP contribution in [-0.4, -0.2) is 21.5 Å². The van der Waals surface area contributed by atoms with Gasteiger partial charge in [0.05, 0.1) is 5.69 Å². The summed E-state index contributed by atoms with van der Waals surface area (Å²) >= 11 is 1.38. The smallest absolute Gasteiger partial charge is 0.358 e. The van der Waals surface area contributed by atoms with Gasteiger partial charge in [-0.3, -0.25) is 4.98 Å². The first-order valence-electron chi connectivity index (χ1n) is 5.56. The van der Waals surface area contributed by atoms with Gasteiger partial charge in [0.15, 0.2) is 5.69 Å². The molecule has 0 N–H and O–H groups in total. The minimum atomic E-state index is -0.508. The number of carbonyl (C=O) groups is 1. The minimum absolute atomic E-state index is 0.329. The van der Waals surface area contributed by atoms with Gasteiger partial charge in [0.2, 0.25) is 0 Å². The van der Waals surface area contributed by atoms with Crippen LogP contribution in [0.3, 0.4) is 0 Å². The zero-order valence-electron chi connectivity index (χ0n) is 10.5. The Morgan fingerprint density at radius 2 is 2.11 bits per heavy atom. The molecule has 2 heterocycles. The molecule has 0 aliphatic carbocycles. The fourth-order valence-electron chi connectivity index (χ4n) is 1.30. The van der Waals surface area contributed by atoms with Gasteiger partial charge < -0.3 is 4.74 Å². The largest absolute Gasteiger partial charge is 0.455 e. The van der Waals surface area contributed by atoms with E-state index < -0.39 is 11.6 Å². The monoisotopic (exact) mass is 262 g/mol. The minimum Gasteiger partial charge on any atom is -0.455 e. The molecule has 0 radical (unpaired) electrons. The van der Waals surface area contributed by atoms with Crippen LogP contribution >= 0.6 is 11.3 Å². The summed E-state index contributed by atoms with van der Waals surface area (Å²) in [5, 5.41) is 2.41. The Morgan fingerprint density at radius 1 is 1.33 bits per heavy atom. The van der Waals surface area contributed by atoms with Gasteiger partial charge in [0, 0.05) is 11.6 Å². The first-order valence-corrected chi connectivity index (χ1v) is 6.44. The average molecular weight is 262 g/mol. The van der Waals surface area contributed by atoms with Crippen molar-refractivity contribution in [3.8, 4) is 10.7 Å². The molecule has 2 rings (SSSR count). The third kappa shape index (κ3) is 3.13. The number of thiazole rings is 1. The topological polar surface area (TPSA) is 52.1 Å². The summed E-state index contributed by atoms with van der Waals surface area (Å²) < 4.78 is 5.26. The Hall–Kier alpha value is -1.75. The second-order valence-corrected chi connectivity index (χ2v) is 5.61. The van der Waals surface area contributed by atoms with E-state index in [1.807, 2.05) is 39.0 Å². The van der Waals surface area contributed by atoms with Crippen LogP contribution in [0.5, 0.6) is 0 Å². The van der Waals surface area contributed by atoms with Crippen LogP contribution in [0, 0.1) is 0 Å². The van der Waals surface area contributed by atoms with Crippen molar-refractivity contribution in [2.75, 3.05) is 0 Å². The second-order valence-electron chi connectivity index (χ2n) is 4.75. The molecule has 0 fully saturated rings. The standard InChI is InChI=1S/C13H14N2O2S/c1-13(2,3)17-12(16)10-8-18-11(15-10)9-6-4-5-7-14-9/h4-8H,1-3H3. The molecule has 0 unspecified atom stereocenters. The Labute approximate surface area is 110 Å². The maximum absolute atomic E-state index is 11.8. The fraction of sp³-hybridized carbons (Fsp3) is 0.308. The SMILES string of the molecule is CC(C)(C)OC(=O)c1csc(-c2ccccn2)n1. The molecule has 2 aromatic rings. The molecule has 0 aliphatic rings. The molecule has 0 saturated carbocycles. The van der Waals surface area contributed by atoms with Gasteiger partial charge in [-0.15, -0.1) is 11.3 Å². The van der Waals surface area contributed by atoms with Crippen molar-refractivity contribution in [2.24, 2.45) is 0 Å². The van der Waals surface area contributed by atoms with Gasteiger partial charge in [0.1, 0.15) is 10.6 Å². The lowest BCUT2D eigenvalue weighted by molar-refractivity contribution is 0.00638. The Kier molecular flexibility index (Phi) is 3.43. The third-order valence-corrected chi connectivity index (χ3v) is 2.86. The molecule has 0 spiro atoms. The lowest BCUT2D eigenvalue weighted by atomic mass is 10.2. The molecule has 0 amide bonds. The number of nitrogens with zero attached hydrogens (tertiary/aromatic N) is 2. The van der Waals surface area contributed by atoms with Crippen LogP contribution in [0.15, 0.2) is 29.8 Å².